The number of hydrogen-bond acceptors (Lipinski definition) is 4. The Morgan fingerprint density at radius 1 is 1.33 bits per heavy atom. The molecule has 1 aromatic carbocycles. The number of amides is 1. The largest absolute Gasteiger partial charge is 0.455 e. The molecule has 2 heterocycles. The molecule has 0 saturated carbocycles. The van der Waals surface area contributed by atoms with Gasteiger partial charge in [-0.05, 0) is 24.0 Å². The minimum Gasteiger partial charge on any atom is -0.455 e. The van der Waals surface area contributed by atoms with Crippen LogP contribution in [-0.4, -0.2) is 35.8 Å². The first kappa shape index (κ1) is 16.2. The summed E-state index contributed by atoms with van der Waals surface area (Å²) in [5.74, 6) is -0.0496. The summed E-state index contributed by atoms with van der Waals surface area (Å²) in [7, 11) is 0. The van der Waals surface area contributed by atoms with Gasteiger partial charge in [0, 0.05) is 23.0 Å². The Morgan fingerprint density at radius 3 is 2.88 bits per heavy atom. The minimum absolute atomic E-state index is 0.0252. The first-order valence-electron chi connectivity index (χ1n) is 8.10. The summed E-state index contributed by atoms with van der Waals surface area (Å²) < 4.78 is 5.02. The third-order valence-corrected chi connectivity index (χ3v) is 4.37. The molecule has 0 spiro atoms. The van der Waals surface area contributed by atoms with Crippen molar-refractivity contribution >= 4 is 28.6 Å². The molecule has 2 aromatic rings. The highest BCUT2D eigenvalue weighted by molar-refractivity contribution is 6.00. The summed E-state index contributed by atoms with van der Waals surface area (Å²) in [5, 5.41) is 3.66. The second-order valence-electron chi connectivity index (χ2n) is 6.25. The number of fused-ring (bicyclic) bond motifs is 1. The molecule has 1 saturated heterocycles. The van der Waals surface area contributed by atoms with Crippen molar-refractivity contribution in [2.45, 2.75) is 26.2 Å². The van der Waals surface area contributed by atoms with Crippen LogP contribution in [-0.2, 0) is 14.3 Å². The minimum atomic E-state index is -0.234. The van der Waals surface area contributed by atoms with Gasteiger partial charge in [-0.3, -0.25) is 14.9 Å². The number of benzene rings is 1. The van der Waals surface area contributed by atoms with Crippen molar-refractivity contribution in [3.05, 3.63) is 36.0 Å². The van der Waals surface area contributed by atoms with Crippen LogP contribution in [0.1, 0.15) is 31.7 Å². The summed E-state index contributed by atoms with van der Waals surface area (Å²) in [6.07, 6.45) is 2.77. The number of nitrogens with one attached hydrogen (secondary N) is 2. The predicted octanol–water partition coefficient (Wildman–Crippen LogP) is 2.37. The number of carbonyl (C=O) groups is 2. The lowest BCUT2D eigenvalue weighted by Crippen LogP contribution is -2.23. The quantitative estimate of drug-likeness (QED) is 0.854. The average Bonchev–Trinajstić information content (AvgIpc) is 3.18. The average molecular weight is 327 g/mol. The van der Waals surface area contributed by atoms with Gasteiger partial charge in [0.25, 0.3) is 11.9 Å². The van der Waals surface area contributed by atoms with Crippen molar-refractivity contribution < 1.29 is 14.3 Å². The Morgan fingerprint density at radius 2 is 2.12 bits per heavy atom. The second kappa shape index (κ2) is 6.86. The van der Waals surface area contributed by atoms with Gasteiger partial charge in [-0.15, -0.1) is 0 Å². The van der Waals surface area contributed by atoms with Crippen molar-refractivity contribution in [2.75, 3.05) is 13.2 Å². The van der Waals surface area contributed by atoms with E-state index in [-0.39, 0.29) is 42.7 Å². The van der Waals surface area contributed by atoms with E-state index in [9.17, 15) is 9.59 Å². The SMILES string of the molecule is C[C@H](C[C@H](C)C(=O)CN=C1NC(=O)CO1)c1c[nH]c2ccccc12. The summed E-state index contributed by atoms with van der Waals surface area (Å²) in [6.45, 7) is 4.05. The van der Waals surface area contributed by atoms with Crippen molar-refractivity contribution in [2.24, 2.45) is 10.9 Å². The summed E-state index contributed by atoms with van der Waals surface area (Å²) in [5.41, 5.74) is 2.34. The van der Waals surface area contributed by atoms with Crippen LogP contribution in [0.15, 0.2) is 35.5 Å². The number of ether oxygens (including phenoxy) is 1. The lowest BCUT2D eigenvalue weighted by molar-refractivity contribution is -0.121. The van der Waals surface area contributed by atoms with E-state index >= 15 is 0 Å². The van der Waals surface area contributed by atoms with Gasteiger partial charge in [-0.1, -0.05) is 32.0 Å². The lowest BCUT2D eigenvalue weighted by Gasteiger charge is -2.15. The maximum atomic E-state index is 12.3. The highest BCUT2D eigenvalue weighted by Crippen LogP contribution is 2.30. The zero-order chi connectivity index (χ0) is 17.1. The summed E-state index contributed by atoms with van der Waals surface area (Å²) >= 11 is 0. The van der Waals surface area contributed by atoms with E-state index < -0.39 is 0 Å². The van der Waals surface area contributed by atoms with Gasteiger partial charge < -0.3 is 9.72 Å². The molecule has 1 aromatic heterocycles. The van der Waals surface area contributed by atoms with Crippen molar-refractivity contribution in [1.82, 2.24) is 10.3 Å². The molecule has 2 atom stereocenters. The monoisotopic (exact) mass is 327 g/mol. The van der Waals surface area contributed by atoms with E-state index in [0.29, 0.717) is 0 Å². The van der Waals surface area contributed by atoms with E-state index in [0.717, 1.165) is 11.9 Å². The number of nitrogens with zero attached hydrogens (tertiary/aromatic N) is 1. The fourth-order valence-electron chi connectivity index (χ4n) is 3.01. The molecule has 1 fully saturated rings. The maximum absolute atomic E-state index is 12.3. The Hall–Kier alpha value is -2.63. The molecule has 0 unspecified atom stereocenters. The molecule has 0 bridgehead atoms. The number of ketones is 1. The fraction of sp³-hybridized carbons (Fsp3) is 0.389. The maximum Gasteiger partial charge on any atom is 0.292 e. The van der Waals surface area contributed by atoms with Crippen LogP contribution >= 0.6 is 0 Å². The van der Waals surface area contributed by atoms with E-state index in [2.05, 4.69) is 28.3 Å². The predicted molar refractivity (Wildman–Crippen MR) is 91.9 cm³/mol. The van der Waals surface area contributed by atoms with Crippen LogP contribution in [0.25, 0.3) is 10.9 Å². The Kier molecular flexibility index (Phi) is 4.64. The number of carbonyl (C=O) groups excluding carboxylic acids is 2. The highest BCUT2D eigenvalue weighted by atomic mass is 16.5. The van der Waals surface area contributed by atoms with Gasteiger partial charge in [0.1, 0.15) is 6.54 Å². The van der Waals surface area contributed by atoms with Crippen LogP contribution in [0.3, 0.4) is 0 Å². The molecular formula is C18H21N3O3. The third-order valence-electron chi connectivity index (χ3n) is 4.37. The molecule has 1 amide bonds. The molecule has 6 nitrogen and oxygen atoms in total. The fourth-order valence-corrected chi connectivity index (χ4v) is 3.01. The molecule has 1 aliphatic rings. The second-order valence-corrected chi connectivity index (χ2v) is 6.25. The number of aromatic amines is 1. The van der Waals surface area contributed by atoms with Gasteiger partial charge in [0.2, 0.25) is 0 Å². The van der Waals surface area contributed by atoms with Gasteiger partial charge >= 0.3 is 0 Å². The number of H-pyrrole nitrogens is 1. The van der Waals surface area contributed by atoms with Gasteiger partial charge in [0.05, 0.1) is 0 Å². The molecule has 2 N–H and O–H groups in total. The molecule has 0 radical (unpaired) electrons. The lowest BCUT2D eigenvalue weighted by atomic mass is 9.89. The zero-order valence-corrected chi connectivity index (χ0v) is 13.8. The van der Waals surface area contributed by atoms with Crippen molar-refractivity contribution in [3.8, 4) is 0 Å². The molecule has 3 rings (SSSR count). The van der Waals surface area contributed by atoms with Crippen LogP contribution in [0.5, 0.6) is 0 Å². The van der Waals surface area contributed by atoms with E-state index in [1.807, 2.05) is 31.3 Å². The summed E-state index contributed by atoms with van der Waals surface area (Å²) in [6, 6.07) is 8.31. The summed E-state index contributed by atoms with van der Waals surface area (Å²) in [4.78, 5) is 30.6. The Labute approximate surface area is 140 Å². The molecular weight excluding hydrogens is 306 g/mol. The van der Waals surface area contributed by atoms with Gasteiger partial charge in [-0.25, -0.2) is 4.99 Å². The number of amidine groups is 1. The molecule has 126 valence electrons. The van der Waals surface area contributed by atoms with Gasteiger partial charge in [-0.2, -0.15) is 0 Å². The number of aliphatic imine (C=N–C) groups is 1. The Balaban J connectivity index is 1.60. The van der Waals surface area contributed by atoms with E-state index in [1.165, 1.54) is 10.9 Å². The molecule has 0 aliphatic carbocycles. The number of para-hydroxylation sites is 1. The molecule has 1 aliphatic heterocycles. The smallest absolute Gasteiger partial charge is 0.292 e. The normalized spacial score (nSPS) is 18.4. The van der Waals surface area contributed by atoms with Crippen LogP contribution in [0.2, 0.25) is 0 Å². The number of hydrogen-bond donors (Lipinski definition) is 2. The first-order chi connectivity index (χ1) is 11.5. The van der Waals surface area contributed by atoms with Crippen LogP contribution < -0.4 is 5.32 Å². The number of aromatic nitrogens is 1. The van der Waals surface area contributed by atoms with E-state index in [4.69, 9.17) is 4.74 Å². The highest BCUT2D eigenvalue weighted by Gasteiger charge is 2.21. The van der Waals surface area contributed by atoms with Crippen molar-refractivity contribution in [3.63, 3.8) is 0 Å². The van der Waals surface area contributed by atoms with Crippen LogP contribution in [0, 0.1) is 5.92 Å². The number of Topliss-reactive ketones (excluding diaryl/α,β-unsaturated/α-hetero) is 1. The topological polar surface area (TPSA) is 83.6 Å². The molecule has 24 heavy (non-hydrogen) atoms. The van der Waals surface area contributed by atoms with E-state index in [1.54, 1.807) is 0 Å². The standard InChI is InChI=1S/C18H21N3O3/c1-11(14-8-19-15-6-4-3-5-13(14)15)7-12(2)16(22)9-20-18-21-17(23)10-24-18/h3-6,8,11-12,19H,7,9-10H2,1-2H3,(H,20,21,23)/t11-,12+/m1/s1. The van der Waals surface area contributed by atoms with Crippen LogP contribution in [0.4, 0.5) is 0 Å². The van der Waals surface area contributed by atoms with Gasteiger partial charge in [0.15, 0.2) is 12.4 Å². The number of rotatable bonds is 6. The van der Waals surface area contributed by atoms with Crippen molar-refractivity contribution in [1.29, 1.82) is 0 Å². The Bertz CT molecular complexity index is 794. The molecule has 6 heteroatoms. The zero-order valence-electron chi connectivity index (χ0n) is 13.8. The first-order valence-corrected chi connectivity index (χ1v) is 8.10. The third kappa shape index (κ3) is 3.48.